The summed E-state index contributed by atoms with van der Waals surface area (Å²) in [7, 11) is -4.02. The topological polar surface area (TPSA) is 74.3 Å². The minimum atomic E-state index is -4.02. The van der Waals surface area contributed by atoms with Crippen molar-refractivity contribution in [3.05, 3.63) is 0 Å². The van der Waals surface area contributed by atoms with E-state index in [1.807, 2.05) is 0 Å². The summed E-state index contributed by atoms with van der Waals surface area (Å²) in [5.74, 6) is -1.89. The molecule has 0 radical (unpaired) electrons. The number of alkyl halides is 1. The molecule has 0 N–H and O–H groups in total. The molecule has 2 atom stereocenters. The molecule has 9 heteroatoms. The first-order valence-electron chi connectivity index (χ1n) is 9.34. The Balaban J connectivity index is 3.01. The summed E-state index contributed by atoms with van der Waals surface area (Å²) < 4.78 is 49.9. The van der Waals surface area contributed by atoms with Crippen LogP contribution in [-0.2, 0) is 23.1 Å². The van der Waals surface area contributed by atoms with Gasteiger partial charge in [-0.2, -0.15) is 0 Å². The molecule has 0 spiro atoms. The molecule has 160 valence electrons. The van der Waals surface area contributed by atoms with Crippen LogP contribution in [0.15, 0.2) is 0 Å². The molecule has 1 saturated heterocycles. The molecule has 1 aliphatic rings. The van der Waals surface area contributed by atoms with Gasteiger partial charge >= 0.3 is 13.7 Å². The van der Waals surface area contributed by atoms with Gasteiger partial charge in [0.05, 0.1) is 24.9 Å². The second-order valence-electron chi connectivity index (χ2n) is 8.78. The molecular weight excluding hydrogens is 376 g/mol. The molecule has 1 unspecified atom stereocenters. The molecular formula is C18H35FNO6P. The van der Waals surface area contributed by atoms with Crippen LogP contribution in [0.2, 0.25) is 0 Å². The van der Waals surface area contributed by atoms with Gasteiger partial charge in [-0.3, -0.25) is 9.46 Å². The van der Waals surface area contributed by atoms with Crippen LogP contribution in [0.25, 0.3) is 0 Å². The quantitative estimate of drug-likeness (QED) is 0.544. The van der Waals surface area contributed by atoms with Gasteiger partial charge in [0.15, 0.2) is 0 Å². The van der Waals surface area contributed by atoms with Crippen LogP contribution in [0.3, 0.4) is 0 Å². The number of nitrogens with zero attached hydrogens (tertiary/aromatic N) is 1. The highest BCUT2D eigenvalue weighted by Crippen LogP contribution is 2.57. The highest BCUT2D eigenvalue weighted by atomic mass is 31.2. The van der Waals surface area contributed by atoms with Crippen LogP contribution < -0.4 is 0 Å². The fraction of sp³-hybridized carbons (Fsp3) is 0.944. The second kappa shape index (κ2) is 8.76. The minimum absolute atomic E-state index is 0.107. The molecule has 1 amide bonds. The summed E-state index contributed by atoms with van der Waals surface area (Å²) in [4.78, 5) is 14.0. The molecule has 0 aromatic rings. The van der Waals surface area contributed by atoms with Crippen molar-refractivity contribution in [3.8, 4) is 0 Å². The molecule has 0 bridgehead atoms. The molecule has 1 aliphatic heterocycles. The van der Waals surface area contributed by atoms with Crippen molar-refractivity contribution in [2.45, 2.75) is 104 Å². The Morgan fingerprint density at radius 1 is 1.22 bits per heavy atom. The van der Waals surface area contributed by atoms with Gasteiger partial charge in [0, 0.05) is 6.42 Å². The van der Waals surface area contributed by atoms with Crippen molar-refractivity contribution in [2.24, 2.45) is 0 Å². The number of ether oxygens (including phenoxy) is 2. The van der Waals surface area contributed by atoms with Crippen molar-refractivity contribution in [1.29, 1.82) is 0 Å². The van der Waals surface area contributed by atoms with Crippen molar-refractivity contribution >= 4 is 13.7 Å². The predicted molar refractivity (Wildman–Crippen MR) is 101 cm³/mol. The SMILES string of the molecule is CC(C)OP(=O)(OC(C)C)C(F)C[C@@H]1COC(C)(C)N1C(=O)OC(C)(C)C. The van der Waals surface area contributed by atoms with Crippen molar-refractivity contribution in [2.75, 3.05) is 6.61 Å². The van der Waals surface area contributed by atoms with Crippen molar-refractivity contribution < 1.29 is 32.3 Å². The number of halogens is 1. The smallest absolute Gasteiger partial charge is 0.412 e. The van der Waals surface area contributed by atoms with Crippen LogP contribution in [0.5, 0.6) is 0 Å². The number of carbonyl (C=O) groups excluding carboxylic acids is 1. The molecule has 0 aromatic heterocycles. The monoisotopic (exact) mass is 411 g/mol. The van der Waals surface area contributed by atoms with Gasteiger partial charge in [-0.1, -0.05) is 0 Å². The van der Waals surface area contributed by atoms with Crippen molar-refractivity contribution in [1.82, 2.24) is 4.90 Å². The third-order valence-corrected chi connectivity index (χ3v) is 6.02. The molecule has 0 aromatic carbocycles. The molecule has 1 heterocycles. The lowest BCUT2D eigenvalue weighted by atomic mass is 10.1. The summed E-state index contributed by atoms with van der Waals surface area (Å²) in [6.07, 6.45) is -1.77. The highest BCUT2D eigenvalue weighted by Gasteiger charge is 2.49. The summed E-state index contributed by atoms with van der Waals surface area (Å²) in [5.41, 5.74) is -1.67. The van der Waals surface area contributed by atoms with E-state index in [1.54, 1.807) is 62.3 Å². The molecule has 0 saturated carbocycles. The van der Waals surface area contributed by atoms with E-state index in [0.29, 0.717) is 0 Å². The predicted octanol–water partition coefficient (Wildman–Crippen LogP) is 5.09. The third kappa shape index (κ3) is 7.00. The van der Waals surface area contributed by atoms with Crippen LogP contribution in [0, 0.1) is 0 Å². The fourth-order valence-electron chi connectivity index (χ4n) is 2.84. The van der Waals surface area contributed by atoms with Gasteiger partial charge in [0.25, 0.3) is 0 Å². The number of hydrogen-bond donors (Lipinski definition) is 0. The zero-order valence-electron chi connectivity index (χ0n) is 17.9. The maximum atomic E-state index is 15.1. The Bertz CT molecular complexity index is 547. The van der Waals surface area contributed by atoms with E-state index in [0.717, 1.165) is 0 Å². The van der Waals surface area contributed by atoms with Gasteiger partial charge in [-0.05, 0) is 62.3 Å². The van der Waals surface area contributed by atoms with Gasteiger partial charge in [0.2, 0.25) is 5.91 Å². The molecule has 1 rings (SSSR count). The largest absolute Gasteiger partial charge is 0.444 e. The zero-order chi connectivity index (χ0) is 21.2. The lowest BCUT2D eigenvalue weighted by Crippen LogP contribution is -2.50. The van der Waals surface area contributed by atoms with E-state index in [2.05, 4.69) is 0 Å². The minimum Gasteiger partial charge on any atom is -0.444 e. The number of hydrogen-bond acceptors (Lipinski definition) is 6. The lowest BCUT2D eigenvalue weighted by molar-refractivity contribution is -0.0631. The second-order valence-corrected chi connectivity index (χ2v) is 10.8. The Hall–Kier alpha value is -0.690. The molecule has 1 fully saturated rings. The average Bonchev–Trinajstić information content (AvgIpc) is 2.69. The van der Waals surface area contributed by atoms with E-state index in [9.17, 15) is 9.36 Å². The Labute approximate surface area is 162 Å². The van der Waals surface area contributed by atoms with E-state index in [1.165, 1.54) is 4.90 Å². The van der Waals surface area contributed by atoms with Crippen LogP contribution >= 0.6 is 7.60 Å². The Morgan fingerprint density at radius 3 is 2.11 bits per heavy atom. The van der Waals surface area contributed by atoms with E-state index >= 15 is 4.39 Å². The average molecular weight is 411 g/mol. The first kappa shape index (κ1) is 24.3. The van der Waals surface area contributed by atoms with Crippen LogP contribution in [0.4, 0.5) is 9.18 Å². The third-order valence-electron chi connectivity index (χ3n) is 3.69. The summed E-state index contributed by atoms with van der Waals surface area (Å²) in [6.45, 7) is 15.4. The number of rotatable bonds is 7. The maximum Gasteiger partial charge on any atom is 0.412 e. The van der Waals surface area contributed by atoms with Gasteiger partial charge < -0.3 is 18.5 Å². The highest BCUT2D eigenvalue weighted by molar-refractivity contribution is 7.54. The van der Waals surface area contributed by atoms with E-state index in [4.69, 9.17) is 18.5 Å². The first-order chi connectivity index (χ1) is 12.1. The molecule has 0 aliphatic carbocycles. The standard InChI is InChI=1S/C18H35FNO6P/c1-12(2)25-27(22,26-13(3)4)15(19)10-14-11-23-18(8,9)20(14)16(21)24-17(5,6)7/h12-15H,10-11H2,1-9H3/t14-,15?/m1/s1. The Morgan fingerprint density at radius 2 is 1.70 bits per heavy atom. The normalized spacial score (nSPS) is 21.8. The van der Waals surface area contributed by atoms with Crippen molar-refractivity contribution in [3.63, 3.8) is 0 Å². The maximum absolute atomic E-state index is 15.1. The van der Waals surface area contributed by atoms with Gasteiger partial charge in [-0.15, -0.1) is 0 Å². The summed E-state index contributed by atoms with van der Waals surface area (Å²) in [5, 5.41) is 0. The van der Waals surface area contributed by atoms with Crippen LogP contribution in [-0.4, -0.2) is 53.1 Å². The number of amides is 1. The molecule has 7 nitrogen and oxygen atoms in total. The molecule has 27 heavy (non-hydrogen) atoms. The van der Waals surface area contributed by atoms with Crippen LogP contribution in [0.1, 0.15) is 68.7 Å². The number of carbonyl (C=O) groups is 1. The zero-order valence-corrected chi connectivity index (χ0v) is 18.8. The lowest BCUT2D eigenvalue weighted by Gasteiger charge is -2.36. The summed E-state index contributed by atoms with van der Waals surface area (Å²) >= 11 is 0. The van der Waals surface area contributed by atoms with E-state index < -0.39 is 49.2 Å². The first-order valence-corrected chi connectivity index (χ1v) is 11.0. The fourth-order valence-corrected chi connectivity index (χ4v) is 4.83. The Kier molecular flexibility index (Phi) is 7.90. The van der Waals surface area contributed by atoms with E-state index in [-0.39, 0.29) is 13.0 Å². The van der Waals surface area contributed by atoms with Gasteiger partial charge in [0.1, 0.15) is 11.3 Å². The summed E-state index contributed by atoms with van der Waals surface area (Å²) in [6, 6.07) is -0.648. The van der Waals surface area contributed by atoms with Gasteiger partial charge in [-0.25, -0.2) is 9.18 Å².